The van der Waals surface area contributed by atoms with Crippen molar-refractivity contribution in [3.63, 3.8) is 0 Å². The highest BCUT2D eigenvalue weighted by Gasteiger charge is 2.16. The average Bonchev–Trinajstić information content (AvgIpc) is 3.55. The first-order chi connectivity index (χ1) is 42.6. The van der Waals surface area contributed by atoms with Crippen LogP contribution < -0.4 is 0 Å². The van der Waals surface area contributed by atoms with Crippen LogP contribution in [0.5, 0.6) is 0 Å². The molecule has 1 unspecified atom stereocenters. The van der Waals surface area contributed by atoms with Gasteiger partial charge in [0.25, 0.3) is 0 Å². The number of hydrogen-bond donors (Lipinski definition) is 1. The second-order valence-corrected chi connectivity index (χ2v) is 25.0. The number of rotatable bonds is 69. The van der Waals surface area contributed by atoms with E-state index in [-0.39, 0.29) is 25.2 Å². The Morgan fingerprint density at radius 3 is 0.756 bits per heavy atom. The lowest BCUT2D eigenvalue weighted by Gasteiger charge is -2.15. The SMILES string of the molecule is CC/C=C\C/C=C\C/C=C\C/C=C\C/C=C\C/C=C\CCCCCCCCCCCCCCC(=O)OC(CO)COC(=O)CCCCCCCCCCCCCCCCCCCCCCCCCCCC/C=C\C/C=C\C/C=C\CCCCCCC. The predicted molar refractivity (Wildman–Crippen MR) is 380 cm³/mol. The lowest BCUT2D eigenvalue weighted by molar-refractivity contribution is -0.161. The van der Waals surface area contributed by atoms with Crippen molar-refractivity contribution >= 4 is 11.9 Å². The summed E-state index contributed by atoms with van der Waals surface area (Å²) in [4.78, 5) is 24.7. The molecule has 5 nitrogen and oxygen atoms in total. The summed E-state index contributed by atoms with van der Waals surface area (Å²) in [5, 5.41) is 9.71. The summed E-state index contributed by atoms with van der Waals surface area (Å²) in [6, 6.07) is 0. The van der Waals surface area contributed by atoms with Gasteiger partial charge in [-0.15, -0.1) is 0 Å². The molecule has 0 bridgehead atoms. The molecular formula is C81H142O5. The number of ether oxygens (including phenoxy) is 2. The third kappa shape index (κ3) is 73.0. The van der Waals surface area contributed by atoms with E-state index in [1.807, 2.05) is 0 Å². The third-order valence-corrected chi connectivity index (χ3v) is 16.6. The topological polar surface area (TPSA) is 72.8 Å². The van der Waals surface area contributed by atoms with Gasteiger partial charge >= 0.3 is 11.9 Å². The maximum absolute atomic E-state index is 12.4. The van der Waals surface area contributed by atoms with Crippen molar-refractivity contribution in [1.29, 1.82) is 0 Å². The fourth-order valence-corrected chi connectivity index (χ4v) is 11.0. The van der Waals surface area contributed by atoms with Gasteiger partial charge in [0.1, 0.15) is 6.61 Å². The van der Waals surface area contributed by atoms with Crippen LogP contribution in [0.4, 0.5) is 0 Å². The molecule has 496 valence electrons. The highest BCUT2D eigenvalue weighted by Crippen LogP contribution is 2.18. The number of aliphatic hydroxyl groups excluding tert-OH is 1. The number of esters is 2. The highest BCUT2D eigenvalue weighted by molar-refractivity contribution is 5.70. The lowest BCUT2D eigenvalue weighted by atomic mass is 10.0. The molecule has 0 aromatic heterocycles. The van der Waals surface area contributed by atoms with Crippen molar-refractivity contribution in [3.8, 4) is 0 Å². The van der Waals surface area contributed by atoms with E-state index in [0.717, 1.165) is 89.9 Å². The highest BCUT2D eigenvalue weighted by atomic mass is 16.6. The summed E-state index contributed by atoms with van der Waals surface area (Å²) in [5.41, 5.74) is 0. The summed E-state index contributed by atoms with van der Waals surface area (Å²) in [6.45, 7) is 4.05. The summed E-state index contributed by atoms with van der Waals surface area (Å²) < 4.78 is 10.8. The first-order valence-electron chi connectivity index (χ1n) is 37.4. The molecule has 1 atom stereocenters. The van der Waals surface area contributed by atoms with Crippen LogP contribution in [0.25, 0.3) is 0 Å². The Kier molecular flexibility index (Phi) is 72.8. The van der Waals surface area contributed by atoms with E-state index >= 15 is 0 Å². The number of carbonyl (C=O) groups is 2. The Balaban J connectivity index is 3.42. The molecule has 0 aromatic carbocycles. The standard InChI is InChI=1S/C81H142O5/c1-3-5-7-9-11-13-15-17-19-21-23-25-27-29-31-33-35-36-37-38-39-40-41-42-43-44-46-47-49-51-53-55-57-59-61-63-65-67-69-71-73-75-80(83)85-78-79(77-82)86-81(84)76-74-72-70-68-66-64-62-60-58-56-54-52-50-48-45-34-32-30-28-26-24-22-20-18-16-14-12-10-8-6-4-2/h6,8,12,14-15,17-18,20-21,23-24,26-27,29-30,32,45,48,79,82H,3-5,7,9-11,13,16,19,22,25,28,31,33-44,46-47,49-78H2,1-2H3/b8-6-,14-12-,17-15-,20-18-,23-21-,26-24-,29-27-,32-30-,48-45-. The largest absolute Gasteiger partial charge is 0.462 e. The van der Waals surface area contributed by atoms with Crippen LogP contribution in [0.1, 0.15) is 373 Å². The van der Waals surface area contributed by atoms with Gasteiger partial charge in [-0.1, -0.05) is 367 Å². The summed E-state index contributed by atoms with van der Waals surface area (Å²) in [7, 11) is 0. The Labute approximate surface area is 535 Å². The Morgan fingerprint density at radius 1 is 0.279 bits per heavy atom. The Hall–Kier alpha value is -3.44. The van der Waals surface area contributed by atoms with Crippen LogP contribution in [0.15, 0.2) is 109 Å². The van der Waals surface area contributed by atoms with Crippen molar-refractivity contribution in [3.05, 3.63) is 109 Å². The normalized spacial score (nSPS) is 12.8. The van der Waals surface area contributed by atoms with E-state index in [0.29, 0.717) is 12.8 Å². The van der Waals surface area contributed by atoms with Gasteiger partial charge in [0, 0.05) is 12.8 Å². The Morgan fingerprint density at radius 2 is 0.500 bits per heavy atom. The molecule has 0 rings (SSSR count). The van der Waals surface area contributed by atoms with Crippen LogP contribution in [0.3, 0.4) is 0 Å². The summed E-state index contributed by atoms with van der Waals surface area (Å²) >= 11 is 0. The Bertz CT molecular complexity index is 1640. The smallest absolute Gasteiger partial charge is 0.306 e. The molecule has 0 heterocycles. The second-order valence-electron chi connectivity index (χ2n) is 25.0. The van der Waals surface area contributed by atoms with Gasteiger partial charge in [-0.05, 0) is 103 Å². The molecule has 0 aliphatic rings. The number of aliphatic hydroxyl groups is 1. The quantitative estimate of drug-likeness (QED) is 0.0373. The van der Waals surface area contributed by atoms with Crippen LogP contribution in [0.2, 0.25) is 0 Å². The van der Waals surface area contributed by atoms with E-state index in [9.17, 15) is 14.7 Å². The zero-order chi connectivity index (χ0) is 61.9. The summed E-state index contributed by atoms with van der Waals surface area (Å²) in [6.07, 6.45) is 110. The van der Waals surface area contributed by atoms with Crippen LogP contribution in [0, 0.1) is 0 Å². The zero-order valence-corrected chi connectivity index (χ0v) is 57.1. The minimum Gasteiger partial charge on any atom is -0.462 e. The first kappa shape index (κ1) is 82.6. The monoisotopic (exact) mass is 1200 g/mol. The molecule has 0 fully saturated rings. The molecular weight excluding hydrogens is 1050 g/mol. The average molecular weight is 1200 g/mol. The fraction of sp³-hybridized carbons (Fsp3) is 0.753. The molecule has 0 aromatic rings. The molecule has 0 saturated carbocycles. The molecule has 0 spiro atoms. The second kappa shape index (κ2) is 75.8. The molecule has 86 heavy (non-hydrogen) atoms. The van der Waals surface area contributed by atoms with Crippen molar-refractivity contribution < 1.29 is 24.2 Å². The third-order valence-electron chi connectivity index (χ3n) is 16.6. The van der Waals surface area contributed by atoms with Gasteiger partial charge < -0.3 is 14.6 Å². The minimum absolute atomic E-state index is 0.0667. The van der Waals surface area contributed by atoms with E-state index in [2.05, 4.69) is 123 Å². The van der Waals surface area contributed by atoms with E-state index in [4.69, 9.17) is 9.47 Å². The summed E-state index contributed by atoms with van der Waals surface area (Å²) in [5.74, 6) is -0.580. The molecule has 0 radical (unpaired) electrons. The van der Waals surface area contributed by atoms with E-state index < -0.39 is 6.10 Å². The fourth-order valence-electron chi connectivity index (χ4n) is 11.0. The molecule has 0 aliphatic carbocycles. The van der Waals surface area contributed by atoms with Gasteiger partial charge in [0.2, 0.25) is 0 Å². The maximum Gasteiger partial charge on any atom is 0.306 e. The van der Waals surface area contributed by atoms with Crippen LogP contribution in [-0.2, 0) is 19.1 Å². The molecule has 1 N–H and O–H groups in total. The van der Waals surface area contributed by atoms with Crippen molar-refractivity contribution in [1.82, 2.24) is 0 Å². The maximum atomic E-state index is 12.4. The molecule has 0 aliphatic heterocycles. The van der Waals surface area contributed by atoms with Gasteiger partial charge in [-0.25, -0.2) is 0 Å². The molecule has 0 saturated heterocycles. The van der Waals surface area contributed by atoms with E-state index in [1.54, 1.807) is 0 Å². The zero-order valence-electron chi connectivity index (χ0n) is 57.1. The van der Waals surface area contributed by atoms with Crippen molar-refractivity contribution in [2.45, 2.75) is 380 Å². The predicted octanol–water partition coefficient (Wildman–Crippen LogP) is 26.3. The van der Waals surface area contributed by atoms with Crippen molar-refractivity contribution in [2.75, 3.05) is 13.2 Å². The number of allylic oxidation sites excluding steroid dienone is 18. The van der Waals surface area contributed by atoms with Gasteiger partial charge in [-0.2, -0.15) is 0 Å². The molecule has 0 amide bonds. The van der Waals surface area contributed by atoms with Crippen molar-refractivity contribution in [2.24, 2.45) is 0 Å². The first-order valence-corrected chi connectivity index (χ1v) is 37.4. The number of hydrogen-bond acceptors (Lipinski definition) is 5. The van der Waals surface area contributed by atoms with Gasteiger partial charge in [0.15, 0.2) is 6.10 Å². The molecule has 5 heteroatoms. The van der Waals surface area contributed by atoms with Crippen LogP contribution in [-0.4, -0.2) is 36.4 Å². The lowest BCUT2D eigenvalue weighted by Crippen LogP contribution is -2.28. The number of unbranched alkanes of at least 4 members (excludes halogenated alkanes) is 43. The van der Waals surface area contributed by atoms with Gasteiger partial charge in [0.05, 0.1) is 6.61 Å². The van der Waals surface area contributed by atoms with E-state index in [1.165, 1.54) is 257 Å². The van der Waals surface area contributed by atoms with Crippen LogP contribution >= 0.6 is 0 Å². The van der Waals surface area contributed by atoms with Gasteiger partial charge in [-0.3, -0.25) is 9.59 Å². The minimum atomic E-state index is -0.779. The number of carbonyl (C=O) groups excluding carboxylic acids is 2.